The van der Waals surface area contributed by atoms with Gasteiger partial charge >= 0.3 is 0 Å². The van der Waals surface area contributed by atoms with Crippen molar-refractivity contribution in [1.82, 2.24) is 25.2 Å². The van der Waals surface area contributed by atoms with E-state index >= 15 is 0 Å². The van der Waals surface area contributed by atoms with Crippen molar-refractivity contribution in [2.45, 2.75) is 26.3 Å². The summed E-state index contributed by atoms with van der Waals surface area (Å²) < 4.78 is 0. The first-order valence-corrected chi connectivity index (χ1v) is 7.38. The Hall–Kier alpha value is -3.07. The molecule has 0 N–H and O–H groups in total. The average molecular weight is 304 g/mol. The summed E-state index contributed by atoms with van der Waals surface area (Å²) in [4.78, 5) is 5.72. The number of aromatic nitrogens is 5. The number of hydrogen-bond acceptors (Lipinski definition) is 5. The van der Waals surface area contributed by atoms with Crippen molar-refractivity contribution in [2.24, 2.45) is 0 Å². The van der Waals surface area contributed by atoms with Gasteiger partial charge in [0.05, 0.1) is 18.2 Å². The number of benzene rings is 1. The van der Waals surface area contributed by atoms with Gasteiger partial charge in [-0.2, -0.15) is 10.1 Å². The molecule has 114 valence electrons. The van der Waals surface area contributed by atoms with E-state index in [9.17, 15) is 0 Å². The Balaban J connectivity index is 1.85. The maximum atomic E-state index is 8.82. The summed E-state index contributed by atoms with van der Waals surface area (Å²) in [7, 11) is 0. The smallest absolute Gasteiger partial charge is 0.206 e. The van der Waals surface area contributed by atoms with Gasteiger partial charge in [0.25, 0.3) is 0 Å². The number of pyridine rings is 1. The lowest BCUT2D eigenvalue weighted by Crippen LogP contribution is -2.04. The second-order valence-electron chi connectivity index (χ2n) is 5.57. The van der Waals surface area contributed by atoms with Crippen LogP contribution in [-0.4, -0.2) is 25.2 Å². The highest BCUT2D eigenvalue weighted by molar-refractivity contribution is 5.58. The highest BCUT2D eigenvalue weighted by Crippen LogP contribution is 2.25. The maximum Gasteiger partial charge on any atom is 0.206 e. The number of nitriles is 1. The van der Waals surface area contributed by atoms with Crippen LogP contribution in [0, 0.1) is 11.3 Å². The summed E-state index contributed by atoms with van der Waals surface area (Å²) in [5, 5.41) is 21.5. The molecule has 3 rings (SSSR count). The first-order valence-electron chi connectivity index (χ1n) is 7.38. The molecule has 0 radical (unpaired) electrons. The third-order valence-corrected chi connectivity index (χ3v) is 3.58. The van der Waals surface area contributed by atoms with Crippen LogP contribution in [0.1, 0.15) is 36.5 Å². The van der Waals surface area contributed by atoms with Crippen molar-refractivity contribution in [2.75, 3.05) is 0 Å². The van der Waals surface area contributed by atoms with Gasteiger partial charge < -0.3 is 0 Å². The number of nitrogens with zero attached hydrogens (tertiary/aromatic N) is 6. The third-order valence-electron chi connectivity index (χ3n) is 3.58. The van der Waals surface area contributed by atoms with E-state index in [-0.39, 0.29) is 0 Å². The molecular formula is C17H16N6. The van der Waals surface area contributed by atoms with E-state index in [4.69, 9.17) is 5.26 Å². The van der Waals surface area contributed by atoms with Crippen LogP contribution in [0.2, 0.25) is 0 Å². The fourth-order valence-electron chi connectivity index (χ4n) is 2.36. The Morgan fingerprint density at radius 3 is 2.65 bits per heavy atom. The molecule has 2 heterocycles. The highest BCUT2D eigenvalue weighted by atomic mass is 15.6. The van der Waals surface area contributed by atoms with E-state index in [1.54, 1.807) is 29.3 Å². The van der Waals surface area contributed by atoms with Gasteiger partial charge in [-0.3, -0.25) is 4.98 Å². The molecule has 1 aromatic carbocycles. The topological polar surface area (TPSA) is 80.3 Å². The number of rotatable bonds is 4. The highest BCUT2D eigenvalue weighted by Gasteiger charge is 2.13. The third kappa shape index (κ3) is 3.24. The Kier molecular flexibility index (Phi) is 4.11. The minimum absolute atomic E-state index is 0.360. The van der Waals surface area contributed by atoms with E-state index in [2.05, 4.69) is 40.3 Å². The standard InChI is InChI=1S/C17H16N6/c1-12(2)15-7-8-19-10-16(15)17-20-22-23(21-17)11-14-5-3-13(9-18)4-6-14/h3-8,10,12H,11H2,1-2H3. The summed E-state index contributed by atoms with van der Waals surface area (Å²) in [6, 6.07) is 11.4. The largest absolute Gasteiger partial charge is 0.264 e. The zero-order valence-electron chi connectivity index (χ0n) is 13.0. The first kappa shape index (κ1) is 14.9. The summed E-state index contributed by atoms with van der Waals surface area (Å²) in [6.07, 6.45) is 3.55. The van der Waals surface area contributed by atoms with Gasteiger partial charge in [-0.1, -0.05) is 26.0 Å². The summed E-state index contributed by atoms with van der Waals surface area (Å²) in [6.45, 7) is 4.76. The van der Waals surface area contributed by atoms with E-state index in [1.165, 1.54) is 0 Å². The van der Waals surface area contributed by atoms with Crippen LogP contribution in [0.4, 0.5) is 0 Å². The van der Waals surface area contributed by atoms with Gasteiger partial charge in [-0.05, 0) is 40.5 Å². The molecule has 6 nitrogen and oxygen atoms in total. The summed E-state index contributed by atoms with van der Waals surface area (Å²) in [5.41, 5.74) is 3.72. The van der Waals surface area contributed by atoms with Gasteiger partial charge in [0.1, 0.15) is 0 Å². The Morgan fingerprint density at radius 2 is 1.96 bits per heavy atom. The molecule has 23 heavy (non-hydrogen) atoms. The van der Waals surface area contributed by atoms with Gasteiger partial charge in [-0.25, -0.2) is 0 Å². The zero-order valence-corrected chi connectivity index (χ0v) is 13.0. The Morgan fingerprint density at radius 1 is 1.17 bits per heavy atom. The van der Waals surface area contributed by atoms with Gasteiger partial charge in [0, 0.05) is 18.0 Å². The molecule has 6 heteroatoms. The lowest BCUT2D eigenvalue weighted by molar-refractivity contribution is 0.573. The average Bonchev–Trinajstić information content (AvgIpc) is 3.04. The Bertz CT molecular complexity index is 842. The van der Waals surface area contributed by atoms with Gasteiger partial charge in [0.2, 0.25) is 5.82 Å². The van der Waals surface area contributed by atoms with Crippen molar-refractivity contribution in [3.8, 4) is 17.5 Å². The zero-order chi connectivity index (χ0) is 16.2. The van der Waals surface area contributed by atoms with E-state index in [1.807, 2.05) is 18.2 Å². The summed E-state index contributed by atoms with van der Waals surface area (Å²) >= 11 is 0. The fraction of sp³-hybridized carbons (Fsp3) is 0.235. The molecule has 2 aromatic heterocycles. The molecule has 0 saturated carbocycles. The molecule has 0 atom stereocenters. The van der Waals surface area contributed by atoms with E-state index in [0.717, 1.165) is 16.7 Å². The second kappa shape index (κ2) is 6.36. The van der Waals surface area contributed by atoms with Crippen molar-refractivity contribution >= 4 is 0 Å². The van der Waals surface area contributed by atoms with Gasteiger partial charge in [0.15, 0.2) is 0 Å². The molecule has 0 fully saturated rings. The Labute approximate surface area is 134 Å². The molecule has 0 amide bonds. The molecule has 0 saturated heterocycles. The minimum atomic E-state index is 0.360. The predicted molar refractivity (Wildman–Crippen MR) is 85.4 cm³/mol. The predicted octanol–water partition coefficient (Wildman–Crippen LogP) is 2.78. The van der Waals surface area contributed by atoms with Crippen LogP contribution in [0.5, 0.6) is 0 Å². The quantitative estimate of drug-likeness (QED) is 0.740. The van der Waals surface area contributed by atoms with Crippen molar-refractivity contribution in [3.63, 3.8) is 0 Å². The molecule has 3 aromatic rings. The SMILES string of the molecule is CC(C)c1ccncc1-c1nnn(Cc2ccc(C#N)cc2)n1. The normalized spacial score (nSPS) is 10.7. The monoisotopic (exact) mass is 304 g/mol. The van der Waals surface area contributed by atoms with Crippen LogP contribution in [-0.2, 0) is 6.54 Å². The summed E-state index contributed by atoms with van der Waals surface area (Å²) in [5.74, 6) is 0.939. The number of tetrazole rings is 1. The van der Waals surface area contributed by atoms with Crippen LogP contribution in [0.15, 0.2) is 42.7 Å². The van der Waals surface area contributed by atoms with Crippen molar-refractivity contribution in [1.29, 1.82) is 5.26 Å². The minimum Gasteiger partial charge on any atom is -0.264 e. The van der Waals surface area contributed by atoms with Crippen LogP contribution in [0.3, 0.4) is 0 Å². The fourth-order valence-corrected chi connectivity index (χ4v) is 2.36. The van der Waals surface area contributed by atoms with Crippen LogP contribution >= 0.6 is 0 Å². The van der Waals surface area contributed by atoms with Crippen molar-refractivity contribution < 1.29 is 0 Å². The van der Waals surface area contributed by atoms with Crippen LogP contribution < -0.4 is 0 Å². The molecule has 0 aliphatic carbocycles. The lowest BCUT2D eigenvalue weighted by Gasteiger charge is -2.08. The van der Waals surface area contributed by atoms with E-state index < -0.39 is 0 Å². The second-order valence-corrected chi connectivity index (χ2v) is 5.57. The van der Waals surface area contributed by atoms with Gasteiger partial charge in [-0.15, -0.1) is 10.2 Å². The molecule has 0 bridgehead atoms. The first-order chi connectivity index (χ1) is 11.2. The molecular weight excluding hydrogens is 288 g/mol. The number of hydrogen-bond donors (Lipinski definition) is 0. The molecule has 0 aliphatic heterocycles. The maximum absolute atomic E-state index is 8.82. The molecule has 0 aliphatic rings. The van der Waals surface area contributed by atoms with E-state index in [0.29, 0.717) is 23.9 Å². The van der Waals surface area contributed by atoms with Crippen molar-refractivity contribution in [3.05, 3.63) is 59.4 Å². The molecule has 0 unspecified atom stereocenters. The van der Waals surface area contributed by atoms with Crippen LogP contribution in [0.25, 0.3) is 11.4 Å². The molecule has 0 spiro atoms. The lowest BCUT2D eigenvalue weighted by atomic mass is 9.99.